The Morgan fingerprint density at radius 3 is 2.56 bits per heavy atom. The second-order valence-corrected chi connectivity index (χ2v) is 8.43. The molecule has 1 atom stereocenters. The number of likely N-dealkylation sites (N-methyl/N-ethyl adjacent to an activating group) is 1. The maximum Gasteiger partial charge on any atom is 0.511 e. The molecule has 0 bridgehead atoms. The van der Waals surface area contributed by atoms with Crippen LogP contribution in [0.2, 0.25) is 5.02 Å². The van der Waals surface area contributed by atoms with Crippen molar-refractivity contribution in [3.63, 3.8) is 0 Å². The Balaban J connectivity index is 1.97. The van der Waals surface area contributed by atoms with Crippen molar-refractivity contribution in [3.05, 3.63) is 50.9 Å². The van der Waals surface area contributed by atoms with E-state index in [1.54, 1.807) is 17.5 Å². The second-order valence-electron chi connectivity index (χ2n) is 7.07. The lowest BCUT2D eigenvalue weighted by Crippen LogP contribution is -2.38. The highest BCUT2D eigenvalue weighted by Gasteiger charge is 2.40. The predicted octanol–water partition coefficient (Wildman–Crippen LogP) is 3.44. The van der Waals surface area contributed by atoms with E-state index in [9.17, 15) is 23.6 Å². The zero-order valence-electron chi connectivity index (χ0n) is 18.2. The lowest BCUT2D eigenvalue weighted by Gasteiger charge is -2.19. The third-order valence-electron chi connectivity index (χ3n) is 4.52. The van der Waals surface area contributed by atoms with Gasteiger partial charge in [-0.05, 0) is 23.6 Å². The Morgan fingerprint density at radius 2 is 1.97 bits per heavy atom. The Morgan fingerprint density at radius 1 is 1.26 bits per heavy atom. The minimum atomic E-state index is -1.30. The van der Waals surface area contributed by atoms with Gasteiger partial charge in [-0.25, -0.2) is 18.9 Å². The molecular formula is C21H19ClFN3O7S. The Bertz CT molecular complexity index is 1180. The van der Waals surface area contributed by atoms with Gasteiger partial charge in [-0.1, -0.05) is 17.7 Å². The summed E-state index contributed by atoms with van der Waals surface area (Å²) in [5.74, 6) is -2.26. The molecule has 2 heterocycles. The van der Waals surface area contributed by atoms with E-state index in [4.69, 9.17) is 31.5 Å². The average molecular weight is 512 g/mol. The standard InChI is InChI=1S/C21H19ClFN3O7S/c1-10(33-21(30)31-9-16(27)25(2)3)32-18(15-5-4-6-34-15)17-11-7-13(23)12(22)8-14(11)26(19(17)28)20(24)29/h4-8,10H,9H2,1-3H3,(H2,24,29). The number of amides is 4. The van der Waals surface area contributed by atoms with E-state index in [2.05, 4.69) is 0 Å². The average Bonchev–Trinajstić information content (AvgIpc) is 3.37. The van der Waals surface area contributed by atoms with E-state index in [1.165, 1.54) is 37.3 Å². The Labute approximate surface area is 202 Å². The van der Waals surface area contributed by atoms with E-state index in [0.29, 0.717) is 9.78 Å². The molecule has 0 radical (unpaired) electrons. The molecule has 0 fully saturated rings. The summed E-state index contributed by atoms with van der Waals surface area (Å²) in [7, 11) is 2.98. The van der Waals surface area contributed by atoms with E-state index < -0.39 is 42.7 Å². The van der Waals surface area contributed by atoms with Crippen molar-refractivity contribution in [1.82, 2.24) is 4.90 Å². The van der Waals surface area contributed by atoms with Crippen molar-refractivity contribution < 1.29 is 37.8 Å². The minimum absolute atomic E-state index is 0.0143. The number of halogens is 2. The predicted molar refractivity (Wildman–Crippen MR) is 121 cm³/mol. The molecule has 2 N–H and O–H groups in total. The van der Waals surface area contributed by atoms with Gasteiger partial charge in [-0.15, -0.1) is 11.3 Å². The molecule has 1 unspecified atom stereocenters. The molecular weight excluding hydrogens is 493 g/mol. The van der Waals surface area contributed by atoms with Gasteiger partial charge >= 0.3 is 12.2 Å². The van der Waals surface area contributed by atoms with Gasteiger partial charge in [0.15, 0.2) is 12.4 Å². The summed E-state index contributed by atoms with van der Waals surface area (Å²) in [6.45, 7) is 0.800. The monoisotopic (exact) mass is 511 g/mol. The molecule has 0 saturated heterocycles. The lowest BCUT2D eigenvalue weighted by atomic mass is 10.0. The summed E-state index contributed by atoms with van der Waals surface area (Å²) in [6, 6.07) is 4.27. The fourth-order valence-corrected chi connectivity index (χ4v) is 3.83. The molecule has 10 nitrogen and oxygen atoms in total. The first-order chi connectivity index (χ1) is 16.0. The molecule has 3 rings (SSSR count). The van der Waals surface area contributed by atoms with Crippen molar-refractivity contribution in [3.8, 4) is 0 Å². The summed E-state index contributed by atoms with van der Waals surface area (Å²) in [4.78, 5) is 50.9. The smallest absolute Gasteiger partial charge is 0.453 e. The van der Waals surface area contributed by atoms with Crippen LogP contribution in [0.4, 0.5) is 19.7 Å². The Kier molecular flexibility index (Phi) is 7.42. The summed E-state index contributed by atoms with van der Waals surface area (Å²) < 4.78 is 29.8. The normalized spacial score (nSPS) is 14.9. The molecule has 0 saturated carbocycles. The number of anilines is 1. The van der Waals surface area contributed by atoms with Crippen molar-refractivity contribution in [1.29, 1.82) is 0 Å². The number of imide groups is 1. The number of carbonyl (C=O) groups excluding carboxylic acids is 4. The van der Waals surface area contributed by atoms with Crippen LogP contribution in [-0.4, -0.2) is 55.9 Å². The second kappa shape index (κ2) is 10.1. The number of hydrogen-bond donors (Lipinski definition) is 1. The number of hydrogen-bond acceptors (Lipinski definition) is 8. The zero-order valence-corrected chi connectivity index (χ0v) is 19.7. The minimum Gasteiger partial charge on any atom is -0.453 e. The fourth-order valence-electron chi connectivity index (χ4n) is 2.95. The van der Waals surface area contributed by atoms with Gasteiger partial charge in [0.2, 0.25) is 6.29 Å². The highest BCUT2D eigenvalue weighted by atomic mass is 35.5. The number of urea groups is 1. The first-order valence-electron chi connectivity index (χ1n) is 9.63. The van der Waals surface area contributed by atoms with Crippen molar-refractivity contribution in [2.24, 2.45) is 5.73 Å². The summed E-state index contributed by atoms with van der Waals surface area (Å²) in [6.07, 6.45) is -2.49. The van der Waals surface area contributed by atoms with Crippen LogP contribution in [0.1, 0.15) is 17.4 Å². The molecule has 1 aromatic heterocycles. The highest BCUT2D eigenvalue weighted by Crippen LogP contribution is 2.44. The molecule has 0 spiro atoms. The largest absolute Gasteiger partial charge is 0.511 e. The number of primary amides is 1. The SMILES string of the molecule is CC(OC(=O)OCC(=O)N(C)C)OC(=C1C(=O)N(C(N)=O)c2cc(Cl)c(F)cc21)c1cccs1. The van der Waals surface area contributed by atoms with Gasteiger partial charge in [0.25, 0.3) is 11.8 Å². The van der Waals surface area contributed by atoms with Crippen LogP contribution in [0.15, 0.2) is 29.6 Å². The lowest BCUT2D eigenvalue weighted by molar-refractivity contribution is -0.134. The number of nitrogens with two attached hydrogens (primary N) is 1. The van der Waals surface area contributed by atoms with Crippen molar-refractivity contribution in [2.75, 3.05) is 25.6 Å². The highest BCUT2D eigenvalue weighted by molar-refractivity contribution is 7.11. The number of nitrogens with zero attached hydrogens (tertiary/aromatic N) is 2. The first-order valence-corrected chi connectivity index (χ1v) is 10.9. The molecule has 180 valence electrons. The van der Waals surface area contributed by atoms with Crippen LogP contribution in [0, 0.1) is 5.82 Å². The molecule has 2 aromatic rings. The van der Waals surface area contributed by atoms with Crippen molar-refractivity contribution in [2.45, 2.75) is 13.2 Å². The number of ether oxygens (including phenoxy) is 3. The van der Waals surface area contributed by atoms with Crippen LogP contribution in [0.25, 0.3) is 11.3 Å². The maximum atomic E-state index is 14.3. The van der Waals surface area contributed by atoms with Crippen LogP contribution in [-0.2, 0) is 23.8 Å². The molecule has 13 heteroatoms. The maximum absolute atomic E-state index is 14.3. The number of thiophene rings is 1. The van der Waals surface area contributed by atoms with E-state index >= 15 is 0 Å². The number of rotatable bonds is 6. The molecule has 34 heavy (non-hydrogen) atoms. The number of fused-ring (bicyclic) bond motifs is 1. The third-order valence-corrected chi connectivity index (χ3v) is 5.67. The topological polar surface area (TPSA) is 128 Å². The van der Waals surface area contributed by atoms with Gasteiger partial charge < -0.3 is 24.8 Å². The summed E-state index contributed by atoms with van der Waals surface area (Å²) in [5.41, 5.74) is 5.18. The Hall–Kier alpha value is -3.64. The van der Waals surface area contributed by atoms with Gasteiger partial charge in [-0.2, -0.15) is 0 Å². The quantitative estimate of drug-likeness (QED) is 0.272. The van der Waals surface area contributed by atoms with E-state index in [1.807, 2.05) is 0 Å². The van der Waals surface area contributed by atoms with E-state index in [0.717, 1.165) is 12.1 Å². The van der Waals surface area contributed by atoms with Gasteiger partial charge in [0, 0.05) is 26.6 Å². The zero-order chi connectivity index (χ0) is 25.2. The molecule has 0 aliphatic carbocycles. The number of benzene rings is 1. The van der Waals surface area contributed by atoms with E-state index in [-0.39, 0.29) is 27.6 Å². The molecule has 1 aromatic carbocycles. The van der Waals surface area contributed by atoms with Crippen LogP contribution in [0.5, 0.6) is 0 Å². The number of carbonyl (C=O) groups is 4. The van der Waals surface area contributed by atoms with Crippen molar-refractivity contribution >= 4 is 64.0 Å². The summed E-state index contributed by atoms with van der Waals surface area (Å²) >= 11 is 7.02. The van der Waals surface area contributed by atoms with Gasteiger partial charge in [0.05, 0.1) is 21.2 Å². The van der Waals surface area contributed by atoms with Crippen LogP contribution < -0.4 is 10.6 Å². The third kappa shape index (κ3) is 5.13. The molecule has 1 aliphatic rings. The molecule has 1 aliphatic heterocycles. The van der Waals surface area contributed by atoms with Gasteiger partial charge in [0.1, 0.15) is 5.82 Å². The molecule has 4 amide bonds. The van der Waals surface area contributed by atoms with Crippen LogP contribution in [0.3, 0.4) is 0 Å². The van der Waals surface area contributed by atoms with Gasteiger partial charge in [-0.3, -0.25) is 9.59 Å². The first kappa shape index (κ1) is 25.0. The summed E-state index contributed by atoms with van der Waals surface area (Å²) in [5, 5.41) is 1.38. The fraction of sp³-hybridized carbons (Fsp3) is 0.238. The van der Waals surface area contributed by atoms with Crippen LogP contribution >= 0.6 is 22.9 Å².